The Bertz CT molecular complexity index is 770. The van der Waals surface area contributed by atoms with Gasteiger partial charge in [0.05, 0.1) is 22.3 Å². The van der Waals surface area contributed by atoms with E-state index in [-0.39, 0.29) is 23.5 Å². The first kappa shape index (κ1) is 21.7. The Morgan fingerprint density at radius 2 is 1.81 bits per heavy atom. The number of nitrogens with two attached hydrogens (primary N) is 1. The minimum Gasteiger partial charge on any atom is -0.369 e. The van der Waals surface area contributed by atoms with E-state index < -0.39 is 32.7 Å². The van der Waals surface area contributed by atoms with Gasteiger partial charge in [-0.1, -0.05) is 6.07 Å². The molecule has 0 heterocycles. The molecule has 0 spiro atoms. The number of hydrogen-bond donors (Lipinski definition) is 1. The summed E-state index contributed by atoms with van der Waals surface area (Å²) >= 11 is 0. The Hall–Kier alpha value is -1.61. The van der Waals surface area contributed by atoms with Gasteiger partial charge in [0.1, 0.15) is 0 Å². The average Bonchev–Trinajstić information content (AvgIpc) is 2.59. The van der Waals surface area contributed by atoms with Gasteiger partial charge in [0.15, 0.2) is 9.84 Å². The van der Waals surface area contributed by atoms with Gasteiger partial charge in [-0.25, -0.2) is 8.42 Å². The van der Waals surface area contributed by atoms with Gasteiger partial charge in [0.2, 0.25) is 5.91 Å². The summed E-state index contributed by atoms with van der Waals surface area (Å²) in [6.45, 7) is 3.98. The third kappa shape index (κ3) is 5.22. The molecule has 1 aromatic carbocycles. The van der Waals surface area contributed by atoms with Crippen LogP contribution in [0.5, 0.6) is 0 Å². The second-order valence-electron chi connectivity index (χ2n) is 7.23. The molecule has 1 aliphatic rings. The van der Waals surface area contributed by atoms with Crippen LogP contribution < -0.4 is 5.73 Å². The summed E-state index contributed by atoms with van der Waals surface area (Å²) in [5.41, 5.74) is 4.32. The Morgan fingerprint density at radius 1 is 1.22 bits per heavy atom. The number of halogens is 3. The smallest absolute Gasteiger partial charge is 0.369 e. The van der Waals surface area contributed by atoms with Crippen molar-refractivity contribution in [1.29, 1.82) is 0 Å². The van der Waals surface area contributed by atoms with Crippen LogP contribution in [0, 0.1) is 0 Å². The summed E-state index contributed by atoms with van der Waals surface area (Å²) in [6, 6.07) is 4.01. The van der Waals surface area contributed by atoms with E-state index in [1.807, 2.05) is 18.7 Å². The SMILES string of the molecule is CC(C)N(CC(N)=O)C1CCC(S(=O)(=O)c2cccc(C(F)(F)F)c2)CC1. The highest BCUT2D eigenvalue weighted by Gasteiger charge is 2.37. The number of nitrogens with zero attached hydrogens (tertiary/aromatic N) is 1. The second kappa shape index (κ2) is 8.18. The fraction of sp³-hybridized carbons (Fsp3) is 0.611. The Labute approximate surface area is 157 Å². The Morgan fingerprint density at radius 3 is 2.30 bits per heavy atom. The molecule has 5 nitrogen and oxygen atoms in total. The number of primary amides is 1. The molecule has 1 fully saturated rings. The lowest BCUT2D eigenvalue weighted by Gasteiger charge is -2.38. The Balaban J connectivity index is 2.14. The third-order valence-corrected chi connectivity index (χ3v) is 7.30. The van der Waals surface area contributed by atoms with E-state index in [9.17, 15) is 26.4 Å². The molecule has 152 valence electrons. The number of alkyl halides is 3. The number of sulfone groups is 1. The van der Waals surface area contributed by atoms with Crippen LogP contribution in [0.3, 0.4) is 0 Å². The first-order valence-electron chi connectivity index (χ1n) is 8.88. The van der Waals surface area contributed by atoms with Gasteiger partial charge in [-0.3, -0.25) is 9.69 Å². The van der Waals surface area contributed by atoms with Crippen molar-refractivity contribution < 1.29 is 26.4 Å². The van der Waals surface area contributed by atoms with E-state index in [4.69, 9.17) is 5.73 Å². The van der Waals surface area contributed by atoms with E-state index in [1.54, 1.807) is 0 Å². The number of carbonyl (C=O) groups is 1. The normalized spacial score (nSPS) is 21.6. The summed E-state index contributed by atoms with van der Waals surface area (Å²) in [5.74, 6) is -0.442. The van der Waals surface area contributed by atoms with Crippen molar-refractivity contribution in [3.05, 3.63) is 29.8 Å². The summed E-state index contributed by atoms with van der Waals surface area (Å²) in [5, 5.41) is -0.722. The molecular weight excluding hydrogens is 381 g/mol. The molecule has 9 heteroatoms. The highest BCUT2D eigenvalue weighted by atomic mass is 32.2. The number of hydrogen-bond acceptors (Lipinski definition) is 4. The zero-order chi connectivity index (χ0) is 20.4. The maximum Gasteiger partial charge on any atom is 0.416 e. The number of benzene rings is 1. The summed E-state index contributed by atoms with van der Waals surface area (Å²) in [7, 11) is -3.85. The van der Waals surface area contributed by atoms with Crippen molar-refractivity contribution in [3.63, 3.8) is 0 Å². The van der Waals surface area contributed by atoms with Crippen LogP contribution in [-0.4, -0.2) is 43.1 Å². The molecule has 0 atom stereocenters. The molecule has 1 amide bonds. The molecule has 2 N–H and O–H groups in total. The van der Waals surface area contributed by atoms with Crippen LogP contribution in [0.15, 0.2) is 29.2 Å². The highest BCUT2D eigenvalue weighted by Crippen LogP contribution is 2.34. The zero-order valence-electron chi connectivity index (χ0n) is 15.4. The van der Waals surface area contributed by atoms with Crippen molar-refractivity contribution in [2.45, 2.75) is 67.9 Å². The fourth-order valence-electron chi connectivity index (χ4n) is 3.64. The van der Waals surface area contributed by atoms with Crippen LogP contribution in [0.2, 0.25) is 0 Å². The number of carbonyl (C=O) groups excluding carboxylic acids is 1. The largest absolute Gasteiger partial charge is 0.416 e. The van der Waals surface area contributed by atoms with Crippen molar-refractivity contribution in [2.24, 2.45) is 5.73 Å². The molecule has 0 unspecified atom stereocenters. The molecule has 0 saturated heterocycles. The maximum atomic E-state index is 12.9. The van der Waals surface area contributed by atoms with Crippen molar-refractivity contribution in [1.82, 2.24) is 4.90 Å². The zero-order valence-corrected chi connectivity index (χ0v) is 16.2. The van der Waals surface area contributed by atoms with Gasteiger partial charge in [-0.2, -0.15) is 13.2 Å². The first-order chi connectivity index (χ1) is 12.4. The predicted octanol–water partition coefficient (Wildman–Crippen LogP) is 2.99. The predicted molar refractivity (Wildman–Crippen MR) is 95.7 cm³/mol. The highest BCUT2D eigenvalue weighted by molar-refractivity contribution is 7.92. The van der Waals surface area contributed by atoms with Crippen LogP contribution in [0.25, 0.3) is 0 Å². The van der Waals surface area contributed by atoms with E-state index >= 15 is 0 Å². The van der Waals surface area contributed by atoms with E-state index in [0.29, 0.717) is 31.7 Å². The molecule has 2 rings (SSSR count). The molecule has 0 aliphatic heterocycles. The number of rotatable bonds is 6. The molecular formula is C18H25F3N2O3S. The third-order valence-electron chi connectivity index (χ3n) is 5.04. The van der Waals surface area contributed by atoms with Crippen LogP contribution >= 0.6 is 0 Å². The van der Waals surface area contributed by atoms with Gasteiger partial charge in [-0.05, 0) is 57.7 Å². The lowest BCUT2D eigenvalue weighted by molar-refractivity contribution is -0.137. The van der Waals surface area contributed by atoms with E-state index in [1.165, 1.54) is 6.07 Å². The topological polar surface area (TPSA) is 80.5 Å². The minimum atomic E-state index is -4.59. The van der Waals surface area contributed by atoms with Crippen molar-refractivity contribution in [3.8, 4) is 0 Å². The summed E-state index contributed by atoms with van der Waals surface area (Å²) in [4.78, 5) is 12.9. The molecule has 1 saturated carbocycles. The first-order valence-corrected chi connectivity index (χ1v) is 10.4. The van der Waals surface area contributed by atoms with Crippen molar-refractivity contribution in [2.75, 3.05) is 6.54 Å². The minimum absolute atomic E-state index is 0.0328. The monoisotopic (exact) mass is 406 g/mol. The van der Waals surface area contributed by atoms with Gasteiger partial charge in [0, 0.05) is 12.1 Å². The number of amides is 1. The summed E-state index contributed by atoms with van der Waals surface area (Å²) in [6.07, 6.45) is -2.81. The lowest BCUT2D eigenvalue weighted by Crippen LogP contribution is -2.47. The quantitative estimate of drug-likeness (QED) is 0.788. The Kier molecular flexibility index (Phi) is 6.57. The molecule has 0 radical (unpaired) electrons. The van der Waals surface area contributed by atoms with Crippen molar-refractivity contribution >= 4 is 15.7 Å². The molecule has 27 heavy (non-hydrogen) atoms. The van der Waals surface area contributed by atoms with E-state index in [2.05, 4.69) is 0 Å². The van der Waals surface area contributed by atoms with E-state index in [0.717, 1.165) is 12.1 Å². The second-order valence-corrected chi connectivity index (χ2v) is 9.46. The lowest BCUT2D eigenvalue weighted by atomic mass is 9.93. The summed E-state index contributed by atoms with van der Waals surface area (Å²) < 4.78 is 64.2. The van der Waals surface area contributed by atoms with Crippen LogP contribution in [0.1, 0.15) is 45.1 Å². The maximum absolute atomic E-state index is 12.9. The standard InChI is InChI=1S/C18H25F3N2O3S/c1-12(2)23(11-17(22)24)14-6-8-15(9-7-14)27(25,26)16-5-3-4-13(10-16)18(19,20)21/h3-5,10,12,14-15H,6-9,11H2,1-2H3,(H2,22,24). The molecule has 1 aromatic rings. The molecule has 1 aliphatic carbocycles. The van der Waals surface area contributed by atoms with Crippen LogP contribution in [0.4, 0.5) is 13.2 Å². The van der Waals surface area contributed by atoms with Gasteiger partial charge >= 0.3 is 6.18 Å². The molecule has 0 aromatic heterocycles. The van der Waals surface area contributed by atoms with Gasteiger partial charge < -0.3 is 5.73 Å². The van der Waals surface area contributed by atoms with Gasteiger partial charge in [0.25, 0.3) is 0 Å². The fourth-order valence-corrected chi connectivity index (χ4v) is 5.48. The van der Waals surface area contributed by atoms with Crippen LogP contribution in [-0.2, 0) is 20.8 Å². The van der Waals surface area contributed by atoms with Gasteiger partial charge in [-0.15, -0.1) is 0 Å². The average molecular weight is 406 g/mol. The molecule has 0 bridgehead atoms.